The summed E-state index contributed by atoms with van der Waals surface area (Å²) < 4.78 is 52.4. The van der Waals surface area contributed by atoms with E-state index in [1.54, 1.807) is 0 Å². The van der Waals surface area contributed by atoms with Gasteiger partial charge in [0, 0.05) is 45.6 Å². The van der Waals surface area contributed by atoms with Crippen molar-refractivity contribution in [2.45, 2.75) is 27.7 Å². The number of benzene rings is 3. The highest BCUT2D eigenvalue weighted by molar-refractivity contribution is 5.91. The van der Waals surface area contributed by atoms with E-state index in [0.717, 1.165) is 0 Å². The molecule has 0 aliphatic carbocycles. The van der Waals surface area contributed by atoms with E-state index in [1.165, 1.54) is 76.2 Å². The van der Waals surface area contributed by atoms with Crippen molar-refractivity contribution >= 4 is 23.9 Å². The van der Waals surface area contributed by atoms with Crippen LogP contribution in [0.2, 0.25) is 0 Å². The molecule has 3 rings (SSSR count). The number of hydrogen-bond donors (Lipinski definition) is 0. The molecule has 0 fully saturated rings. The fourth-order valence-electron chi connectivity index (χ4n) is 3.46. The Morgan fingerprint density at radius 3 is 0.909 bits per heavy atom. The molecule has 0 bridgehead atoms. The van der Waals surface area contributed by atoms with Crippen LogP contribution in [0.25, 0.3) is 22.3 Å². The largest absolute Gasteiger partial charge is 0.423 e. The fourth-order valence-corrected chi connectivity index (χ4v) is 3.46. The van der Waals surface area contributed by atoms with Gasteiger partial charge in [-0.1, -0.05) is 38.4 Å². The van der Waals surface area contributed by atoms with E-state index in [1.807, 2.05) is 0 Å². The minimum absolute atomic E-state index is 0.00435. The summed E-state index contributed by atoms with van der Waals surface area (Å²) in [5.41, 5.74) is -0.251. The molecule has 10 heteroatoms. The predicted octanol–water partition coefficient (Wildman–Crippen LogP) is 7.22. The van der Waals surface area contributed by atoms with Crippen LogP contribution in [0.1, 0.15) is 27.7 Å². The summed E-state index contributed by atoms with van der Waals surface area (Å²) in [6.07, 6.45) is 0. The molecule has 0 aliphatic heterocycles. The standard InChI is InChI=1S/C34H28F2O8/c1-17(2)31(37)41-23-11-21(12-24(15-23)42-32(38)18(3)4)27-9-10-28(30(36)29(27)35)22-13-25(43-33(39)19(5)6)16-26(14-22)44-34(40)20(7)8/h9-16H,1,3,5,7H2,2,4,6,8H3. The molecule has 0 amide bonds. The zero-order valence-corrected chi connectivity index (χ0v) is 24.5. The summed E-state index contributed by atoms with van der Waals surface area (Å²) in [6.45, 7) is 19.7. The summed E-state index contributed by atoms with van der Waals surface area (Å²) in [7, 11) is 0. The van der Waals surface area contributed by atoms with Gasteiger partial charge in [0.2, 0.25) is 0 Å². The number of esters is 4. The van der Waals surface area contributed by atoms with Crippen molar-refractivity contribution < 1.29 is 46.9 Å². The smallest absolute Gasteiger partial charge is 0.338 e. The van der Waals surface area contributed by atoms with E-state index in [9.17, 15) is 19.2 Å². The van der Waals surface area contributed by atoms with Crippen LogP contribution in [0, 0.1) is 11.6 Å². The van der Waals surface area contributed by atoms with Gasteiger partial charge in [-0.25, -0.2) is 28.0 Å². The maximum absolute atomic E-state index is 15.7. The second kappa shape index (κ2) is 13.6. The van der Waals surface area contributed by atoms with E-state index < -0.39 is 35.5 Å². The third-order valence-corrected chi connectivity index (χ3v) is 5.70. The van der Waals surface area contributed by atoms with Crippen LogP contribution in [-0.4, -0.2) is 23.9 Å². The zero-order chi connectivity index (χ0) is 32.9. The van der Waals surface area contributed by atoms with Crippen molar-refractivity contribution in [3.05, 3.63) is 109 Å². The molecule has 0 unspecified atom stereocenters. The van der Waals surface area contributed by atoms with Crippen molar-refractivity contribution in [2.75, 3.05) is 0 Å². The first-order valence-electron chi connectivity index (χ1n) is 12.9. The van der Waals surface area contributed by atoms with Gasteiger partial charge in [0.25, 0.3) is 0 Å². The number of carbonyl (C=O) groups excluding carboxylic acids is 4. The molecule has 0 saturated heterocycles. The second-order valence-electron chi connectivity index (χ2n) is 9.85. The molecule has 0 heterocycles. The van der Waals surface area contributed by atoms with Gasteiger partial charge in [-0.3, -0.25) is 0 Å². The minimum atomic E-state index is -1.31. The number of hydrogen-bond acceptors (Lipinski definition) is 8. The average molecular weight is 603 g/mol. The van der Waals surface area contributed by atoms with Crippen LogP contribution in [0.5, 0.6) is 23.0 Å². The maximum atomic E-state index is 15.7. The lowest BCUT2D eigenvalue weighted by atomic mass is 9.98. The van der Waals surface area contributed by atoms with Gasteiger partial charge < -0.3 is 18.9 Å². The number of halogens is 2. The van der Waals surface area contributed by atoms with Crippen molar-refractivity contribution in [1.82, 2.24) is 0 Å². The van der Waals surface area contributed by atoms with Crippen molar-refractivity contribution in [2.24, 2.45) is 0 Å². The summed E-state index contributed by atoms with van der Waals surface area (Å²) in [4.78, 5) is 48.6. The van der Waals surface area contributed by atoms with E-state index >= 15 is 8.78 Å². The molecule has 44 heavy (non-hydrogen) atoms. The van der Waals surface area contributed by atoms with Crippen LogP contribution in [0.15, 0.2) is 97.1 Å². The first kappa shape index (κ1) is 32.9. The van der Waals surface area contributed by atoms with Gasteiger partial charge in [-0.2, -0.15) is 0 Å². The molecule has 0 radical (unpaired) electrons. The lowest BCUT2D eigenvalue weighted by Gasteiger charge is -2.14. The van der Waals surface area contributed by atoms with Crippen LogP contribution < -0.4 is 18.9 Å². The third kappa shape index (κ3) is 8.01. The van der Waals surface area contributed by atoms with E-state index in [-0.39, 0.29) is 67.5 Å². The van der Waals surface area contributed by atoms with Crippen LogP contribution >= 0.6 is 0 Å². The topological polar surface area (TPSA) is 105 Å². The summed E-state index contributed by atoms with van der Waals surface area (Å²) >= 11 is 0. The molecule has 226 valence electrons. The second-order valence-corrected chi connectivity index (χ2v) is 9.85. The molecule has 8 nitrogen and oxygen atoms in total. The molecule has 0 aliphatic rings. The highest BCUT2D eigenvalue weighted by atomic mass is 19.2. The SMILES string of the molecule is C=C(C)C(=O)Oc1cc(OC(=O)C(=C)C)cc(-c2ccc(-c3cc(OC(=O)C(=C)C)cc(OC(=O)C(=C)C)c3)c(F)c2F)c1. The number of carbonyl (C=O) groups is 4. The molecule has 0 N–H and O–H groups in total. The Bertz CT molecular complexity index is 1550. The first-order valence-corrected chi connectivity index (χ1v) is 12.9. The molecule has 3 aromatic rings. The molecular weight excluding hydrogens is 574 g/mol. The quantitative estimate of drug-likeness (QED) is 0.136. The van der Waals surface area contributed by atoms with Gasteiger partial charge in [-0.15, -0.1) is 0 Å². The fraction of sp³-hybridized carbons (Fsp3) is 0.118. The number of rotatable bonds is 10. The summed E-state index contributed by atoms with van der Waals surface area (Å²) in [5.74, 6) is -6.30. The molecule has 0 aromatic heterocycles. The molecule has 0 spiro atoms. The zero-order valence-electron chi connectivity index (χ0n) is 24.5. The third-order valence-electron chi connectivity index (χ3n) is 5.70. The van der Waals surface area contributed by atoms with E-state index in [0.29, 0.717) is 0 Å². The average Bonchev–Trinajstić information content (AvgIpc) is 2.93. The summed E-state index contributed by atoms with van der Waals surface area (Å²) in [6, 6.07) is 9.94. The van der Waals surface area contributed by atoms with E-state index in [2.05, 4.69) is 26.3 Å². The van der Waals surface area contributed by atoms with Crippen molar-refractivity contribution in [3.63, 3.8) is 0 Å². The monoisotopic (exact) mass is 602 g/mol. The van der Waals surface area contributed by atoms with Crippen LogP contribution in [0.3, 0.4) is 0 Å². The lowest BCUT2D eigenvalue weighted by molar-refractivity contribution is -0.131. The van der Waals surface area contributed by atoms with Gasteiger partial charge in [0.05, 0.1) is 0 Å². The highest BCUT2D eigenvalue weighted by Crippen LogP contribution is 2.38. The van der Waals surface area contributed by atoms with Gasteiger partial charge in [-0.05, 0) is 63.1 Å². The van der Waals surface area contributed by atoms with Crippen LogP contribution in [0.4, 0.5) is 8.78 Å². The lowest BCUT2D eigenvalue weighted by Crippen LogP contribution is -2.11. The Morgan fingerprint density at radius 1 is 0.477 bits per heavy atom. The Morgan fingerprint density at radius 2 is 0.705 bits per heavy atom. The van der Waals surface area contributed by atoms with E-state index in [4.69, 9.17) is 18.9 Å². The van der Waals surface area contributed by atoms with Crippen LogP contribution in [-0.2, 0) is 19.2 Å². The number of ether oxygens (including phenoxy) is 4. The van der Waals surface area contributed by atoms with Gasteiger partial charge >= 0.3 is 23.9 Å². The van der Waals surface area contributed by atoms with Crippen molar-refractivity contribution in [1.29, 1.82) is 0 Å². The maximum Gasteiger partial charge on any atom is 0.338 e. The highest BCUT2D eigenvalue weighted by Gasteiger charge is 2.21. The molecule has 0 atom stereocenters. The first-order chi connectivity index (χ1) is 20.6. The summed E-state index contributed by atoms with van der Waals surface area (Å²) in [5, 5.41) is 0. The Labute approximate surface area is 252 Å². The Balaban J connectivity index is 2.15. The molecule has 0 saturated carbocycles. The Hall–Kier alpha value is -5.64. The predicted molar refractivity (Wildman–Crippen MR) is 159 cm³/mol. The normalized spacial score (nSPS) is 10.3. The van der Waals surface area contributed by atoms with Gasteiger partial charge in [0.15, 0.2) is 11.6 Å². The van der Waals surface area contributed by atoms with Crippen molar-refractivity contribution in [3.8, 4) is 45.3 Å². The van der Waals surface area contributed by atoms with Gasteiger partial charge in [0.1, 0.15) is 23.0 Å². The molecule has 3 aromatic carbocycles. The molecular formula is C34H28F2O8. The Kier molecular flexibility index (Phi) is 10.1. The minimum Gasteiger partial charge on any atom is -0.423 e.